The molecule has 0 aliphatic rings. The number of hydrogen-bond acceptors (Lipinski definition) is 5. The smallest absolute Gasteiger partial charge is 0.339 e. The average Bonchev–Trinajstić information content (AvgIpc) is 2.74. The Kier molecular flexibility index (Phi) is 9.76. The fourth-order valence-corrected chi connectivity index (χ4v) is 3.37. The van der Waals surface area contributed by atoms with E-state index in [1.54, 1.807) is 42.5 Å². The maximum atomic E-state index is 12.5. The molecule has 2 aromatic rings. The summed E-state index contributed by atoms with van der Waals surface area (Å²) in [5, 5.41) is 5.54. The number of rotatable bonds is 9. The normalized spacial score (nSPS) is 10.2. The Morgan fingerprint density at radius 2 is 1.87 bits per heavy atom. The molecule has 0 spiro atoms. The molecule has 0 saturated heterocycles. The molecular weight excluding hydrogens is 468 g/mol. The van der Waals surface area contributed by atoms with Crippen LogP contribution in [0.25, 0.3) is 0 Å². The zero-order valence-electron chi connectivity index (χ0n) is 17.0. The number of carbonyl (C=O) groups excluding carboxylic acids is 2. The largest absolute Gasteiger partial charge is 0.492 e. The summed E-state index contributed by atoms with van der Waals surface area (Å²) in [6.07, 6.45) is 4.51. The number of esters is 1. The predicted octanol–water partition coefficient (Wildman–Crippen LogP) is 5.32. The van der Waals surface area contributed by atoms with Crippen LogP contribution < -0.4 is 15.4 Å². The molecule has 1 amide bonds. The molecule has 0 saturated carbocycles. The number of thiocarbonyl (C=S) groups is 1. The van der Waals surface area contributed by atoms with Crippen molar-refractivity contribution in [3.63, 3.8) is 0 Å². The lowest BCUT2D eigenvalue weighted by atomic mass is 10.2. The molecule has 2 aromatic carbocycles. The van der Waals surface area contributed by atoms with Crippen LogP contribution in [0, 0.1) is 0 Å². The lowest BCUT2D eigenvalue weighted by Gasteiger charge is -2.13. The molecule has 6 nitrogen and oxygen atoms in total. The summed E-state index contributed by atoms with van der Waals surface area (Å²) in [7, 11) is 1.30. The molecule has 0 unspecified atom stereocenters. The summed E-state index contributed by atoms with van der Waals surface area (Å²) in [4.78, 5) is 24.4. The zero-order valence-corrected chi connectivity index (χ0v) is 19.4. The van der Waals surface area contributed by atoms with Gasteiger partial charge in [0.25, 0.3) is 5.91 Å². The number of hydrogen-bond donors (Lipinski definition) is 2. The van der Waals surface area contributed by atoms with Crippen LogP contribution in [0.5, 0.6) is 5.75 Å². The standard InChI is InChI=1S/C22H25BrN2O4S/c1-3-4-5-8-13-29-19-12-11-15(14-17(19)23)20(26)25-22(30)24-18-10-7-6-9-16(18)21(27)28-2/h6-7,9-12,14H,3-5,8,13H2,1-2H3,(H2,24,25,26,30). The van der Waals surface area contributed by atoms with Crippen molar-refractivity contribution in [3.05, 3.63) is 58.1 Å². The van der Waals surface area contributed by atoms with Crippen molar-refractivity contribution in [2.24, 2.45) is 0 Å². The molecular formula is C22H25BrN2O4S. The van der Waals surface area contributed by atoms with Crippen molar-refractivity contribution in [2.75, 3.05) is 19.0 Å². The second kappa shape index (κ2) is 12.3. The van der Waals surface area contributed by atoms with Crippen LogP contribution in [0.15, 0.2) is 46.9 Å². The number of anilines is 1. The average molecular weight is 493 g/mol. The molecule has 160 valence electrons. The van der Waals surface area contributed by atoms with Gasteiger partial charge in [0.1, 0.15) is 5.75 Å². The summed E-state index contributed by atoms with van der Waals surface area (Å²) >= 11 is 8.66. The Balaban J connectivity index is 1.95. The summed E-state index contributed by atoms with van der Waals surface area (Å²) in [5.74, 6) is -0.185. The van der Waals surface area contributed by atoms with E-state index >= 15 is 0 Å². The molecule has 0 aliphatic heterocycles. The first-order chi connectivity index (χ1) is 14.5. The molecule has 0 atom stereocenters. The minimum absolute atomic E-state index is 0.0729. The van der Waals surface area contributed by atoms with E-state index in [4.69, 9.17) is 21.7 Å². The Hall–Kier alpha value is -2.45. The third-order valence-corrected chi connectivity index (χ3v) is 5.08. The fraction of sp³-hybridized carbons (Fsp3) is 0.318. The topological polar surface area (TPSA) is 76.7 Å². The van der Waals surface area contributed by atoms with E-state index in [2.05, 4.69) is 33.5 Å². The number of nitrogens with one attached hydrogen (secondary N) is 2. The van der Waals surface area contributed by atoms with Crippen molar-refractivity contribution in [3.8, 4) is 5.75 Å². The van der Waals surface area contributed by atoms with Crippen LogP contribution in [0.1, 0.15) is 53.3 Å². The van der Waals surface area contributed by atoms with E-state index in [1.807, 2.05) is 0 Å². The van der Waals surface area contributed by atoms with Crippen LogP contribution in [-0.4, -0.2) is 30.7 Å². The second-order valence-electron chi connectivity index (χ2n) is 6.50. The molecule has 0 heterocycles. The number of carbonyl (C=O) groups is 2. The van der Waals surface area contributed by atoms with E-state index in [-0.39, 0.29) is 11.0 Å². The monoisotopic (exact) mass is 492 g/mol. The number of para-hydroxylation sites is 1. The Bertz CT molecular complexity index is 904. The number of ether oxygens (including phenoxy) is 2. The minimum Gasteiger partial charge on any atom is -0.492 e. The first-order valence-electron chi connectivity index (χ1n) is 9.68. The van der Waals surface area contributed by atoms with Crippen LogP contribution >= 0.6 is 28.1 Å². The molecule has 0 radical (unpaired) electrons. The molecule has 30 heavy (non-hydrogen) atoms. The zero-order chi connectivity index (χ0) is 21.9. The van der Waals surface area contributed by atoms with Crippen molar-refractivity contribution in [2.45, 2.75) is 32.6 Å². The molecule has 0 aromatic heterocycles. The highest BCUT2D eigenvalue weighted by molar-refractivity contribution is 9.10. The Morgan fingerprint density at radius 1 is 1.10 bits per heavy atom. The summed E-state index contributed by atoms with van der Waals surface area (Å²) in [6.45, 7) is 2.80. The van der Waals surface area contributed by atoms with E-state index in [0.717, 1.165) is 12.8 Å². The van der Waals surface area contributed by atoms with Gasteiger partial charge in [-0.15, -0.1) is 0 Å². The van der Waals surface area contributed by atoms with E-state index < -0.39 is 5.97 Å². The summed E-state index contributed by atoms with van der Waals surface area (Å²) in [5.41, 5.74) is 1.19. The van der Waals surface area contributed by atoms with Gasteiger partial charge in [0.15, 0.2) is 5.11 Å². The fourth-order valence-electron chi connectivity index (χ4n) is 2.68. The molecule has 8 heteroatoms. The second-order valence-corrected chi connectivity index (χ2v) is 7.76. The van der Waals surface area contributed by atoms with Crippen molar-refractivity contribution < 1.29 is 19.1 Å². The number of halogens is 1. The van der Waals surface area contributed by atoms with Crippen LogP contribution in [0.3, 0.4) is 0 Å². The summed E-state index contributed by atoms with van der Waals surface area (Å²) in [6, 6.07) is 11.8. The van der Waals surface area contributed by atoms with Gasteiger partial charge < -0.3 is 14.8 Å². The lowest BCUT2D eigenvalue weighted by Crippen LogP contribution is -2.34. The third kappa shape index (κ3) is 7.11. The first kappa shape index (κ1) is 23.8. The van der Waals surface area contributed by atoms with Gasteiger partial charge in [-0.05, 0) is 64.9 Å². The number of amides is 1. The minimum atomic E-state index is -0.499. The van der Waals surface area contributed by atoms with Crippen LogP contribution in [-0.2, 0) is 4.74 Å². The highest BCUT2D eigenvalue weighted by Gasteiger charge is 2.14. The number of unbranched alkanes of at least 4 members (excludes halogenated alkanes) is 3. The number of benzene rings is 2. The van der Waals surface area contributed by atoms with Gasteiger partial charge in [-0.3, -0.25) is 10.1 Å². The molecule has 2 rings (SSSR count). The van der Waals surface area contributed by atoms with Gasteiger partial charge in [0.05, 0.1) is 29.4 Å². The number of methoxy groups -OCH3 is 1. The quantitative estimate of drug-likeness (QED) is 0.280. The maximum Gasteiger partial charge on any atom is 0.339 e. The van der Waals surface area contributed by atoms with Crippen molar-refractivity contribution >= 4 is 50.8 Å². The van der Waals surface area contributed by atoms with Crippen molar-refractivity contribution in [1.29, 1.82) is 0 Å². The SMILES string of the molecule is CCCCCCOc1ccc(C(=O)NC(=S)Nc2ccccc2C(=O)OC)cc1Br. The van der Waals surface area contributed by atoms with Crippen LogP contribution in [0.4, 0.5) is 5.69 Å². The van der Waals surface area contributed by atoms with Crippen molar-refractivity contribution in [1.82, 2.24) is 5.32 Å². The first-order valence-corrected chi connectivity index (χ1v) is 10.9. The van der Waals surface area contributed by atoms with Gasteiger partial charge in [-0.1, -0.05) is 38.3 Å². The van der Waals surface area contributed by atoms with Gasteiger partial charge in [-0.25, -0.2) is 4.79 Å². The Morgan fingerprint density at radius 3 is 2.57 bits per heavy atom. The van der Waals surface area contributed by atoms with Gasteiger partial charge in [0, 0.05) is 5.56 Å². The third-order valence-electron chi connectivity index (χ3n) is 4.26. The maximum absolute atomic E-state index is 12.5. The molecule has 0 fully saturated rings. The summed E-state index contributed by atoms with van der Waals surface area (Å²) < 4.78 is 11.2. The molecule has 0 bridgehead atoms. The highest BCUT2D eigenvalue weighted by atomic mass is 79.9. The van der Waals surface area contributed by atoms with Gasteiger partial charge >= 0.3 is 5.97 Å². The van der Waals surface area contributed by atoms with Gasteiger partial charge in [0.2, 0.25) is 0 Å². The molecule has 0 aliphatic carbocycles. The Labute approximate surface area is 190 Å². The van der Waals surface area contributed by atoms with Crippen LogP contribution in [0.2, 0.25) is 0 Å². The predicted molar refractivity (Wildman–Crippen MR) is 125 cm³/mol. The van der Waals surface area contributed by atoms with Gasteiger partial charge in [-0.2, -0.15) is 0 Å². The highest BCUT2D eigenvalue weighted by Crippen LogP contribution is 2.26. The van der Waals surface area contributed by atoms with E-state index in [1.165, 1.54) is 20.0 Å². The lowest BCUT2D eigenvalue weighted by molar-refractivity contribution is 0.0602. The molecule has 2 N–H and O–H groups in total. The van der Waals surface area contributed by atoms with E-state index in [9.17, 15) is 9.59 Å². The van der Waals surface area contributed by atoms with E-state index in [0.29, 0.717) is 33.6 Å².